The van der Waals surface area contributed by atoms with Crippen molar-refractivity contribution in [3.05, 3.63) is 59.7 Å². The van der Waals surface area contributed by atoms with Crippen molar-refractivity contribution in [3.63, 3.8) is 0 Å². The van der Waals surface area contributed by atoms with Gasteiger partial charge in [-0.25, -0.2) is 9.97 Å². The lowest BCUT2D eigenvalue weighted by Crippen LogP contribution is -2.35. The van der Waals surface area contributed by atoms with Crippen molar-refractivity contribution < 1.29 is 4.79 Å². The molecule has 0 aliphatic heterocycles. The van der Waals surface area contributed by atoms with E-state index in [9.17, 15) is 10.1 Å². The van der Waals surface area contributed by atoms with Crippen LogP contribution in [0.5, 0.6) is 0 Å². The molecule has 4 rings (SSSR count). The third-order valence-corrected chi connectivity index (χ3v) is 4.91. The van der Waals surface area contributed by atoms with Gasteiger partial charge in [0.05, 0.1) is 17.4 Å². The van der Waals surface area contributed by atoms with Crippen LogP contribution in [0.3, 0.4) is 0 Å². The molecule has 1 aliphatic rings. The fourth-order valence-corrected chi connectivity index (χ4v) is 3.26. The number of nitrogens with zero attached hydrogens (tertiary/aromatic N) is 4. The molecule has 0 bridgehead atoms. The zero-order valence-electron chi connectivity index (χ0n) is 15.9. The Bertz CT molecular complexity index is 1060. The summed E-state index contributed by atoms with van der Waals surface area (Å²) in [5.74, 6) is 0.909. The minimum Gasteiger partial charge on any atom is -0.367 e. The molecule has 1 aromatic carbocycles. The van der Waals surface area contributed by atoms with E-state index in [1.165, 1.54) is 0 Å². The first kappa shape index (κ1) is 18.0. The minimum atomic E-state index is -0.463. The van der Waals surface area contributed by atoms with Crippen LogP contribution >= 0.6 is 0 Å². The number of hydrogen-bond acceptors (Lipinski definition) is 5. The molecule has 1 fully saturated rings. The number of imidazole rings is 1. The lowest BCUT2D eigenvalue weighted by Gasteiger charge is -2.18. The minimum absolute atomic E-state index is 0.110. The van der Waals surface area contributed by atoms with E-state index in [0.717, 1.165) is 25.1 Å². The topological polar surface area (TPSA) is 95.1 Å². The molecule has 1 aliphatic carbocycles. The number of nitrogens with one attached hydrogen (secondary N) is 2. The summed E-state index contributed by atoms with van der Waals surface area (Å²) in [7, 11) is 0. The van der Waals surface area contributed by atoms with Crippen molar-refractivity contribution in [2.45, 2.75) is 32.2 Å². The van der Waals surface area contributed by atoms with Gasteiger partial charge in [0, 0.05) is 18.3 Å². The van der Waals surface area contributed by atoms with Crippen molar-refractivity contribution in [2.24, 2.45) is 5.92 Å². The summed E-state index contributed by atoms with van der Waals surface area (Å²) in [6, 6.07) is 11.3. The highest BCUT2D eigenvalue weighted by molar-refractivity contribution is 5.95. The van der Waals surface area contributed by atoms with Crippen molar-refractivity contribution in [1.82, 2.24) is 19.7 Å². The van der Waals surface area contributed by atoms with Crippen molar-refractivity contribution in [1.29, 1.82) is 5.26 Å². The van der Waals surface area contributed by atoms with E-state index in [1.54, 1.807) is 24.5 Å². The van der Waals surface area contributed by atoms with Gasteiger partial charge in [-0.05, 0) is 30.9 Å². The third-order valence-electron chi connectivity index (χ3n) is 4.91. The first-order valence-corrected chi connectivity index (χ1v) is 9.42. The van der Waals surface area contributed by atoms with Gasteiger partial charge >= 0.3 is 0 Å². The standard InChI is InChI=1S/C21H22N6O/c1-14(2)11-23-18-19-24-12-17(27(19)13-16(10-22)25-18)21(8-9-21)26-20(28)15-6-4-3-5-7-15/h3-7,12-14H,8-9,11H2,1-2H3,(H,23,25)(H,26,28). The highest BCUT2D eigenvalue weighted by Crippen LogP contribution is 2.46. The Morgan fingerprint density at radius 1 is 1.32 bits per heavy atom. The van der Waals surface area contributed by atoms with Crippen LogP contribution in [-0.2, 0) is 5.54 Å². The van der Waals surface area contributed by atoms with Crippen molar-refractivity contribution >= 4 is 17.4 Å². The van der Waals surface area contributed by atoms with Crippen LogP contribution in [0.4, 0.5) is 5.82 Å². The highest BCUT2D eigenvalue weighted by Gasteiger charge is 2.48. The molecule has 142 valence electrons. The zero-order valence-corrected chi connectivity index (χ0v) is 15.9. The number of hydrogen-bond donors (Lipinski definition) is 2. The second kappa shape index (κ2) is 6.97. The quantitative estimate of drug-likeness (QED) is 0.691. The molecule has 1 saturated carbocycles. The van der Waals surface area contributed by atoms with Crippen molar-refractivity contribution in [3.8, 4) is 6.07 Å². The third kappa shape index (κ3) is 3.29. The van der Waals surface area contributed by atoms with E-state index < -0.39 is 5.54 Å². The summed E-state index contributed by atoms with van der Waals surface area (Å²) in [5.41, 5.74) is 2.01. The number of amides is 1. The first-order chi connectivity index (χ1) is 13.5. The van der Waals surface area contributed by atoms with E-state index in [0.29, 0.717) is 28.6 Å². The molecule has 2 N–H and O–H groups in total. The normalized spacial score (nSPS) is 14.6. The fourth-order valence-electron chi connectivity index (χ4n) is 3.26. The van der Waals surface area contributed by atoms with E-state index in [2.05, 4.69) is 40.5 Å². The van der Waals surface area contributed by atoms with E-state index in [1.807, 2.05) is 22.6 Å². The molecule has 0 radical (unpaired) electrons. The Morgan fingerprint density at radius 2 is 2.07 bits per heavy atom. The summed E-state index contributed by atoms with van der Waals surface area (Å²) in [4.78, 5) is 21.6. The van der Waals surface area contributed by atoms with E-state index in [4.69, 9.17) is 0 Å². The highest BCUT2D eigenvalue weighted by atomic mass is 16.1. The lowest BCUT2D eigenvalue weighted by molar-refractivity contribution is 0.0929. The number of anilines is 1. The van der Waals surface area contributed by atoms with Gasteiger partial charge in [-0.15, -0.1) is 0 Å². The summed E-state index contributed by atoms with van der Waals surface area (Å²) in [5, 5.41) is 15.8. The SMILES string of the molecule is CC(C)CNc1nc(C#N)cn2c(C3(NC(=O)c4ccccc4)CC3)cnc12. The second-order valence-corrected chi connectivity index (χ2v) is 7.60. The Morgan fingerprint density at radius 3 is 2.71 bits per heavy atom. The van der Waals surface area contributed by atoms with E-state index in [-0.39, 0.29) is 5.91 Å². The molecule has 0 unspecified atom stereocenters. The smallest absolute Gasteiger partial charge is 0.252 e. The van der Waals surface area contributed by atoms with Gasteiger partial charge in [-0.1, -0.05) is 32.0 Å². The first-order valence-electron chi connectivity index (χ1n) is 9.42. The molecular formula is C21H22N6O. The maximum Gasteiger partial charge on any atom is 0.252 e. The Balaban J connectivity index is 1.70. The number of fused-ring (bicyclic) bond motifs is 1. The molecule has 7 nitrogen and oxygen atoms in total. The molecule has 2 aromatic heterocycles. The molecule has 0 atom stereocenters. The molecule has 28 heavy (non-hydrogen) atoms. The van der Waals surface area contributed by atoms with Gasteiger partial charge in [0.15, 0.2) is 17.2 Å². The van der Waals surface area contributed by atoms with Crippen LogP contribution in [-0.4, -0.2) is 26.8 Å². The van der Waals surface area contributed by atoms with Gasteiger partial charge in [0.25, 0.3) is 5.91 Å². The molecule has 3 aromatic rings. The van der Waals surface area contributed by atoms with Crippen LogP contribution in [0.25, 0.3) is 5.65 Å². The number of carbonyl (C=O) groups is 1. The number of rotatable bonds is 6. The summed E-state index contributed by atoms with van der Waals surface area (Å²) in [6.45, 7) is 4.94. The van der Waals surface area contributed by atoms with Crippen LogP contribution < -0.4 is 10.6 Å². The van der Waals surface area contributed by atoms with Gasteiger partial charge in [-0.3, -0.25) is 9.20 Å². The molecule has 2 heterocycles. The predicted octanol–water partition coefficient (Wildman–Crippen LogP) is 3.09. The average molecular weight is 374 g/mol. The number of nitriles is 1. The number of benzene rings is 1. The Hall–Kier alpha value is -3.40. The average Bonchev–Trinajstić information content (AvgIpc) is 3.34. The van der Waals surface area contributed by atoms with Crippen LogP contribution in [0.1, 0.15) is 48.4 Å². The van der Waals surface area contributed by atoms with Crippen LogP contribution in [0.2, 0.25) is 0 Å². The van der Waals surface area contributed by atoms with Gasteiger partial charge in [0.1, 0.15) is 6.07 Å². The molecule has 1 amide bonds. The van der Waals surface area contributed by atoms with Gasteiger partial charge in [-0.2, -0.15) is 5.26 Å². The number of aromatic nitrogens is 3. The fraction of sp³-hybridized carbons (Fsp3) is 0.333. The molecule has 7 heteroatoms. The van der Waals surface area contributed by atoms with Gasteiger partial charge in [0.2, 0.25) is 0 Å². The predicted molar refractivity (Wildman–Crippen MR) is 106 cm³/mol. The summed E-state index contributed by atoms with van der Waals surface area (Å²) in [6.07, 6.45) is 5.13. The molecule has 0 spiro atoms. The second-order valence-electron chi connectivity index (χ2n) is 7.60. The lowest BCUT2D eigenvalue weighted by atomic mass is 10.1. The zero-order chi connectivity index (χ0) is 19.7. The monoisotopic (exact) mass is 374 g/mol. The maximum absolute atomic E-state index is 12.7. The summed E-state index contributed by atoms with van der Waals surface area (Å²) >= 11 is 0. The largest absolute Gasteiger partial charge is 0.367 e. The van der Waals surface area contributed by atoms with E-state index >= 15 is 0 Å². The van der Waals surface area contributed by atoms with Crippen molar-refractivity contribution in [2.75, 3.05) is 11.9 Å². The Kier molecular flexibility index (Phi) is 4.47. The van der Waals surface area contributed by atoms with Crippen LogP contribution in [0, 0.1) is 17.2 Å². The number of carbonyl (C=O) groups excluding carboxylic acids is 1. The van der Waals surface area contributed by atoms with Crippen LogP contribution in [0.15, 0.2) is 42.7 Å². The Labute approximate surface area is 163 Å². The van der Waals surface area contributed by atoms with Gasteiger partial charge < -0.3 is 10.6 Å². The summed E-state index contributed by atoms with van der Waals surface area (Å²) < 4.78 is 1.88. The molecule has 0 saturated heterocycles. The molecular weight excluding hydrogens is 352 g/mol. The maximum atomic E-state index is 12.7.